The number of aryl methyl sites for hydroxylation is 1. The Labute approximate surface area is 100 Å². The first kappa shape index (κ1) is 10.6. The molecule has 0 spiro atoms. The molecule has 4 heteroatoms. The van der Waals surface area contributed by atoms with Crippen LogP contribution in [0.4, 0.5) is 0 Å². The van der Waals surface area contributed by atoms with Crippen molar-refractivity contribution in [3.8, 4) is 11.6 Å². The van der Waals surface area contributed by atoms with E-state index in [-0.39, 0.29) is 0 Å². The van der Waals surface area contributed by atoms with Gasteiger partial charge in [-0.05, 0) is 31.9 Å². The Morgan fingerprint density at radius 2 is 2.06 bits per heavy atom. The quantitative estimate of drug-likeness (QED) is 0.861. The number of rotatable bonds is 2. The molecule has 0 atom stereocenters. The molecule has 90 valence electrons. The van der Waals surface area contributed by atoms with Crippen LogP contribution in [0.5, 0.6) is 0 Å². The van der Waals surface area contributed by atoms with Crippen LogP contribution in [0.15, 0.2) is 16.5 Å². The van der Waals surface area contributed by atoms with Gasteiger partial charge in [-0.15, -0.1) is 0 Å². The highest BCUT2D eigenvalue weighted by Crippen LogP contribution is 2.31. The molecule has 0 aliphatic heterocycles. The van der Waals surface area contributed by atoms with Crippen molar-refractivity contribution >= 4 is 0 Å². The van der Waals surface area contributed by atoms with Crippen LogP contribution in [0.1, 0.15) is 49.6 Å². The Bertz CT molecular complexity index is 494. The highest BCUT2D eigenvalue weighted by molar-refractivity contribution is 5.46. The lowest BCUT2D eigenvalue weighted by atomic mass is 9.89. The fourth-order valence-electron chi connectivity index (χ4n) is 2.50. The lowest BCUT2D eigenvalue weighted by Crippen LogP contribution is -2.06. The van der Waals surface area contributed by atoms with Gasteiger partial charge in [0.1, 0.15) is 11.6 Å². The van der Waals surface area contributed by atoms with Crippen LogP contribution in [0, 0.1) is 6.92 Å². The minimum atomic E-state index is 0.557. The minimum Gasteiger partial charge on any atom is -0.458 e. The van der Waals surface area contributed by atoms with Gasteiger partial charge in [-0.2, -0.15) is 5.10 Å². The van der Waals surface area contributed by atoms with Crippen LogP contribution in [0.25, 0.3) is 11.6 Å². The molecule has 4 nitrogen and oxygen atoms in total. The van der Waals surface area contributed by atoms with Gasteiger partial charge in [0.05, 0.1) is 0 Å². The van der Waals surface area contributed by atoms with Crippen molar-refractivity contribution in [3.63, 3.8) is 0 Å². The number of aromatic amines is 1. The molecular weight excluding hydrogens is 214 g/mol. The number of nitrogens with one attached hydrogen (secondary N) is 1. The Morgan fingerprint density at radius 3 is 2.76 bits per heavy atom. The largest absolute Gasteiger partial charge is 0.458 e. The molecule has 17 heavy (non-hydrogen) atoms. The predicted molar refractivity (Wildman–Crippen MR) is 64.6 cm³/mol. The second-order valence-electron chi connectivity index (χ2n) is 4.79. The number of furan rings is 1. The van der Waals surface area contributed by atoms with Crippen molar-refractivity contribution in [2.24, 2.45) is 0 Å². The van der Waals surface area contributed by atoms with E-state index in [1.165, 1.54) is 32.1 Å². The van der Waals surface area contributed by atoms with Crippen molar-refractivity contribution in [1.29, 1.82) is 0 Å². The molecule has 1 fully saturated rings. The lowest BCUT2D eigenvalue weighted by molar-refractivity contribution is 0.429. The number of aromatic nitrogens is 3. The summed E-state index contributed by atoms with van der Waals surface area (Å²) in [6.45, 7) is 1.93. The van der Waals surface area contributed by atoms with E-state index in [9.17, 15) is 0 Å². The van der Waals surface area contributed by atoms with E-state index in [4.69, 9.17) is 4.42 Å². The van der Waals surface area contributed by atoms with Crippen molar-refractivity contribution < 1.29 is 4.42 Å². The highest BCUT2D eigenvalue weighted by Gasteiger charge is 2.20. The van der Waals surface area contributed by atoms with Crippen LogP contribution in [0.3, 0.4) is 0 Å². The zero-order valence-corrected chi connectivity index (χ0v) is 10.1. The SMILES string of the molecule is Cc1ccc(-c2n[nH]c(C3CCCCC3)n2)o1. The normalized spacial score (nSPS) is 17.5. The average Bonchev–Trinajstić information content (AvgIpc) is 2.98. The monoisotopic (exact) mass is 231 g/mol. The smallest absolute Gasteiger partial charge is 0.216 e. The number of H-pyrrole nitrogens is 1. The predicted octanol–water partition coefficient (Wildman–Crippen LogP) is 3.42. The van der Waals surface area contributed by atoms with Crippen molar-refractivity contribution in [1.82, 2.24) is 15.2 Å². The van der Waals surface area contributed by atoms with Crippen LogP contribution >= 0.6 is 0 Å². The summed E-state index contributed by atoms with van der Waals surface area (Å²) in [5, 5.41) is 7.31. The van der Waals surface area contributed by atoms with E-state index in [1.807, 2.05) is 19.1 Å². The lowest BCUT2D eigenvalue weighted by Gasteiger charge is -2.18. The Balaban J connectivity index is 1.82. The number of hydrogen-bond acceptors (Lipinski definition) is 3. The molecule has 0 aromatic carbocycles. The third kappa shape index (κ3) is 2.12. The van der Waals surface area contributed by atoms with Gasteiger partial charge in [-0.1, -0.05) is 19.3 Å². The number of hydrogen-bond donors (Lipinski definition) is 1. The van der Waals surface area contributed by atoms with Gasteiger partial charge in [0, 0.05) is 5.92 Å². The molecular formula is C13H17N3O. The number of nitrogens with zero attached hydrogens (tertiary/aromatic N) is 2. The van der Waals surface area contributed by atoms with E-state index in [1.54, 1.807) is 0 Å². The van der Waals surface area contributed by atoms with Crippen LogP contribution in [0.2, 0.25) is 0 Å². The molecule has 2 heterocycles. The average molecular weight is 231 g/mol. The summed E-state index contributed by atoms with van der Waals surface area (Å²) in [5.74, 6) is 3.90. The molecule has 1 saturated carbocycles. The Kier molecular flexibility index (Phi) is 2.71. The van der Waals surface area contributed by atoms with Crippen molar-refractivity contribution in [3.05, 3.63) is 23.7 Å². The zero-order chi connectivity index (χ0) is 11.7. The topological polar surface area (TPSA) is 54.7 Å². The van der Waals surface area contributed by atoms with E-state index in [0.717, 1.165) is 17.3 Å². The molecule has 2 aromatic heterocycles. The summed E-state index contributed by atoms with van der Waals surface area (Å²) in [6, 6.07) is 3.86. The van der Waals surface area contributed by atoms with E-state index in [2.05, 4.69) is 15.2 Å². The zero-order valence-electron chi connectivity index (χ0n) is 10.1. The van der Waals surface area contributed by atoms with Gasteiger partial charge in [0.15, 0.2) is 5.76 Å². The molecule has 0 bridgehead atoms. The standard InChI is InChI=1S/C13H17N3O/c1-9-7-8-11(17-9)13-14-12(15-16-13)10-5-3-2-4-6-10/h7-8,10H,2-6H2,1H3,(H,14,15,16). The third-order valence-corrected chi connectivity index (χ3v) is 3.46. The van der Waals surface area contributed by atoms with E-state index in [0.29, 0.717) is 11.7 Å². The molecule has 0 unspecified atom stereocenters. The van der Waals surface area contributed by atoms with Crippen LogP contribution in [-0.4, -0.2) is 15.2 Å². The fourth-order valence-corrected chi connectivity index (χ4v) is 2.50. The summed E-state index contributed by atoms with van der Waals surface area (Å²) in [4.78, 5) is 4.56. The molecule has 2 aromatic rings. The first-order valence-corrected chi connectivity index (χ1v) is 6.32. The molecule has 0 saturated heterocycles. The maximum Gasteiger partial charge on any atom is 0.216 e. The highest BCUT2D eigenvalue weighted by atomic mass is 16.3. The fraction of sp³-hybridized carbons (Fsp3) is 0.538. The molecule has 1 aliphatic rings. The van der Waals surface area contributed by atoms with Gasteiger partial charge in [-0.25, -0.2) is 4.98 Å². The third-order valence-electron chi connectivity index (χ3n) is 3.46. The molecule has 1 aliphatic carbocycles. The summed E-state index contributed by atoms with van der Waals surface area (Å²) in [6.07, 6.45) is 6.42. The molecule has 0 radical (unpaired) electrons. The second kappa shape index (κ2) is 4.35. The minimum absolute atomic E-state index is 0.557. The van der Waals surface area contributed by atoms with Gasteiger partial charge in [0.25, 0.3) is 0 Å². The van der Waals surface area contributed by atoms with Crippen molar-refractivity contribution in [2.45, 2.75) is 44.9 Å². The maximum absolute atomic E-state index is 5.53. The van der Waals surface area contributed by atoms with E-state index >= 15 is 0 Å². The molecule has 3 rings (SSSR count). The van der Waals surface area contributed by atoms with Gasteiger partial charge < -0.3 is 4.42 Å². The van der Waals surface area contributed by atoms with Crippen LogP contribution < -0.4 is 0 Å². The van der Waals surface area contributed by atoms with Gasteiger partial charge in [-0.3, -0.25) is 5.10 Å². The first-order valence-electron chi connectivity index (χ1n) is 6.32. The second-order valence-corrected chi connectivity index (χ2v) is 4.79. The summed E-state index contributed by atoms with van der Waals surface area (Å²) < 4.78 is 5.53. The Morgan fingerprint density at radius 1 is 1.24 bits per heavy atom. The van der Waals surface area contributed by atoms with E-state index < -0.39 is 0 Å². The molecule has 1 N–H and O–H groups in total. The first-order chi connectivity index (χ1) is 8.33. The summed E-state index contributed by atoms with van der Waals surface area (Å²) in [7, 11) is 0. The van der Waals surface area contributed by atoms with Gasteiger partial charge in [0.2, 0.25) is 5.82 Å². The Hall–Kier alpha value is -1.58. The summed E-state index contributed by atoms with van der Waals surface area (Å²) in [5.41, 5.74) is 0. The van der Waals surface area contributed by atoms with Crippen LogP contribution in [-0.2, 0) is 0 Å². The van der Waals surface area contributed by atoms with Crippen molar-refractivity contribution in [2.75, 3.05) is 0 Å². The summed E-state index contributed by atoms with van der Waals surface area (Å²) >= 11 is 0. The maximum atomic E-state index is 5.53. The van der Waals surface area contributed by atoms with Gasteiger partial charge >= 0.3 is 0 Å². The molecule has 0 amide bonds.